The van der Waals surface area contributed by atoms with Crippen LogP contribution in [0.1, 0.15) is 41.3 Å². The fourth-order valence-corrected chi connectivity index (χ4v) is 3.77. The van der Waals surface area contributed by atoms with E-state index in [9.17, 15) is 18.0 Å². The zero-order valence-electron chi connectivity index (χ0n) is 17.9. The third kappa shape index (κ3) is 4.68. The topological polar surface area (TPSA) is 101 Å². The third-order valence-corrected chi connectivity index (χ3v) is 5.73. The van der Waals surface area contributed by atoms with Crippen LogP contribution in [0.3, 0.4) is 0 Å². The molecule has 0 spiro atoms. The number of benzene rings is 2. The van der Waals surface area contributed by atoms with Gasteiger partial charge in [0.2, 0.25) is 0 Å². The van der Waals surface area contributed by atoms with Crippen molar-refractivity contribution < 1.29 is 13.2 Å². The maximum absolute atomic E-state index is 13.7. The fraction of sp³-hybridized carbons (Fsp3) is 0.261. The van der Waals surface area contributed by atoms with E-state index < -0.39 is 17.3 Å². The summed E-state index contributed by atoms with van der Waals surface area (Å²) < 4.78 is 42.4. The monoisotopic (exact) mass is 467 g/mol. The number of tetrazole rings is 1. The number of hydrogen-bond acceptors (Lipinski definition) is 6. The number of aromatic nitrogens is 6. The number of hydrogen-bond donors (Lipinski definition) is 2. The minimum Gasteiger partial charge on any atom is -0.335 e. The van der Waals surface area contributed by atoms with Crippen molar-refractivity contribution in [2.45, 2.75) is 37.8 Å². The SMILES string of the molecule is O=c1c(Nc2ccc(C3CC3)cc2C(F)(F)F)nccn1-c1ccc(CCc2nn[nH]n2)cc1. The minimum atomic E-state index is -4.56. The smallest absolute Gasteiger partial charge is 0.335 e. The number of anilines is 2. The van der Waals surface area contributed by atoms with E-state index in [1.165, 1.54) is 23.0 Å². The van der Waals surface area contributed by atoms with Crippen LogP contribution in [-0.2, 0) is 19.0 Å². The molecule has 8 nitrogen and oxygen atoms in total. The van der Waals surface area contributed by atoms with Gasteiger partial charge in [-0.3, -0.25) is 9.36 Å². The molecular weight excluding hydrogens is 447 g/mol. The second-order valence-corrected chi connectivity index (χ2v) is 8.15. The largest absolute Gasteiger partial charge is 0.418 e. The average Bonchev–Trinajstić information content (AvgIpc) is 3.54. The lowest BCUT2D eigenvalue weighted by Crippen LogP contribution is -2.22. The zero-order chi connectivity index (χ0) is 23.7. The molecule has 4 aromatic rings. The lowest BCUT2D eigenvalue weighted by atomic mass is 10.0. The van der Waals surface area contributed by atoms with Crippen molar-refractivity contribution in [3.8, 4) is 5.69 Å². The van der Waals surface area contributed by atoms with Crippen molar-refractivity contribution in [3.63, 3.8) is 0 Å². The fourth-order valence-electron chi connectivity index (χ4n) is 3.77. The summed E-state index contributed by atoms with van der Waals surface area (Å²) in [6.45, 7) is 0. The van der Waals surface area contributed by atoms with Gasteiger partial charge in [-0.05, 0) is 60.6 Å². The number of alkyl halides is 3. The van der Waals surface area contributed by atoms with E-state index in [0.717, 1.165) is 24.5 Å². The van der Waals surface area contributed by atoms with Crippen LogP contribution in [0, 0.1) is 0 Å². The van der Waals surface area contributed by atoms with Crippen molar-refractivity contribution in [2.75, 3.05) is 5.32 Å². The lowest BCUT2D eigenvalue weighted by Gasteiger charge is -2.16. The Morgan fingerprint density at radius 1 is 1.09 bits per heavy atom. The first-order valence-electron chi connectivity index (χ1n) is 10.8. The summed E-state index contributed by atoms with van der Waals surface area (Å²) in [6, 6.07) is 11.5. The van der Waals surface area contributed by atoms with Crippen LogP contribution in [0.2, 0.25) is 0 Å². The molecular formula is C23H20F3N7O. The second-order valence-electron chi connectivity index (χ2n) is 8.15. The summed E-state index contributed by atoms with van der Waals surface area (Å²) in [5, 5.41) is 16.4. The van der Waals surface area contributed by atoms with E-state index in [4.69, 9.17) is 0 Å². The van der Waals surface area contributed by atoms with E-state index in [0.29, 0.717) is 29.9 Å². The molecule has 0 atom stereocenters. The van der Waals surface area contributed by atoms with Crippen molar-refractivity contribution in [2.24, 2.45) is 0 Å². The molecule has 11 heteroatoms. The Balaban J connectivity index is 1.38. The number of H-pyrrole nitrogens is 1. The molecule has 1 aliphatic carbocycles. The van der Waals surface area contributed by atoms with E-state index in [1.807, 2.05) is 12.1 Å². The van der Waals surface area contributed by atoms with Gasteiger partial charge < -0.3 is 5.32 Å². The Morgan fingerprint density at radius 2 is 1.88 bits per heavy atom. The lowest BCUT2D eigenvalue weighted by molar-refractivity contribution is -0.137. The highest BCUT2D eigenvalue weighted by Gasteiger charge is 2.35. The van der Waals surface area contributed by atoms with E-state index in [-0.39, 0.29) is 17.4 Å². The van der Waals surface area contributed by atoms with Gasteiger partial charge in [0.1, 0.15) is 0 Å². The summed E-state index contributed by atoms with van der Waals surface area (Å²) in [6.07, 6.45) is 1.38. The van der Waals surface area contributed by atoms with Gasteiger partial charge in [-0.1, -0.05) is 23.4 Å². The van der Waals surface area contributed by atoms with E-state index in [2.05, 4.69) is 30.9 Å². The molecule has 1 aliphatic rings. The van der Waals surface area contributed by atoms with Crippen LogP contribution in [0.5, 0.6) is 0 Å². The molecule has 2 heterocycles. The van der Waals surface area contributed by atoms with Gasteiger partial charge >= 0.3 is 6.18 Å². The van der Waals surface area contributed by atoms with Crippen LogP contribution in [0.15, 0.2) is 59.7 Å². The normalized spacial score (nSPS) is 13.7. The number of halogens is 3. The number of aryl methyl sites for hydroxylation is 2. The first-order valence-corrected chi connectivity index (χ1v) is 10.8. The second kappa shape index (κ2) is 8.73. The first kappa shape index (κ1) is 21.8. The highest BCUT2D eigenvalue weighted by Crippen LogP contribution is 2.44. The summed E-state index contributed by atoms with van der Waals surface area (Å²) in [5.74, 6) is 0.597. The van der Waals surface area contributed by atoms with Crippen LogP contribution in [-0.4, -0.2) is 30.2 Å². The molecule has 0 radical (unpaired) electrons. The van der Waals surface area contributed by atoms with Gasteiger partial charge in [-0.15, -0.1) is 10.2 Å². The number of aromatic amines is 1. The van der Waals surface area contributed by atoms with Crippen molar-refractivity contribution in [3.05, 3.63) is 87.7 Å². The van der Waals surface area contributed by atoms with Crippen LogP contribution >= 0.6 is 0 Å². The predicted molar refractivity (Wildman–Crippen MR) is 118 cm³/mol. The number of nitrogens with zero attached hydrogens (tertiary/aromatic N) is 5. The van der Waals surface area contributed by atoms with Crippen molar-refractivity contribution in [1.82, 2.24) is 30.2 Å². The van der Waals surface area contributed by atoms with Gasteiger partial charge in [0.25, 0.3) is 5.56 Å². The number of nitrogens with one attached hydrogen (secondary N) is 2. The van der Waals surface area contributed by atoms with Gasteiger partial charge in [-0.2, -0.15) is 18.4 Å². The molecule has 5 rings (SSSR count). The Labute approximate surface area is 191 Å². The maximum atomic E-state index is 13.7. The first-order chi connectivity index (χ1) is 16.4. The highest BCUT2D eigenvalue weighted by atomic mass is 19.4. The molecule has 0 amide bonds. The van der Waals surface area contributed by atoms with Crippen molar-refractivity contribution >= 4 is 11.5 Å². The van der Waals surface area contributed by atoms with Crippen LogP contribution in [0.25, 0.3) is 5.69 Å². The molecule has 1 saturated carbocycles. The third-order valence-electron chi connectivity index (χ3n) is 5.73. The molecule has 2 N–H and O–H groups in total. The summed E-state index contributed by atoms with van der Waals surface area (Å²) in [7, 11) is 0. The van der Waals surface area contributed by atoms with Gasteiger partial charge in [0.05, 0.1) is 11.3 Å². The van der Waals surface area contributed by atoms with Gasteiger partial charge in [0.15, 0.2) is 11.6 Å². The molecule has 34 heavy (non-hydrogen) atoms. The minimum absolute atomic E-state index is 0.178. The maximum Gasteiger partial charge on any atom is 0.418 e. The summed E-state index contributed by atoms with van der Waals surface area (Å²) >= 11 is 0. The predicted octanol–water partition coefficient (Wildman–Crippen LogP) is 4.17. The summed E-state index contributed by atoms with van der Waals surface area (Å²) in [4.78, 5) is 17.0. The number of rotatable bonds is 7. The standard InChI is InChI=1S/C23H20F3N7O/c24-23(25,26)18-13-16(15-4-5-15)6-9-19(18)28-21-22(34)33(12-11-27-21)17-7-1-14(2-8-17)3-10-20-29-31-32-30-20/h1-2,6-9,11-13,15H,3-5,10H2,(H,27,28)(H,29,30,31,32). The zero-order valence-corrected chi connectivity index (χ0v) is 17.9. The van der Waals surface area contributed by atoms with Gasteiger partial charge in [-0.25, -0.2) is 4.98 Å². The molecule has 0 unspecified atom stereocenters. The van der Waals surface area contributed by atoms with Crippen molar-refractivity contribution in [1.29, 1.82) is 0 Å². The quantitative estimate of drug-likeness (QED) is 0.423. The molecule has 2 aromatic heterocycles. The van der Waals surface area contributed by atoms with Gasteiger partial charge in [0, 0.05) is 24.5 Å². The Hall–Kier alpha value is -4.02. The molecule has 174 valence electrons. The molecule has 0 saturated heterocycles. The molecule has 2 aromatic carbocycles. The van der Waals surface area contributed by atoms with Crippen LogP contribution < -0.4 is 10.9 Å². The summed E-state index contributed by atoms with van der Waals surface area (Å²) in [5.41, 5.74) is 0.686. The molecule has 0 aliphatic heterocycles. The van der Waals surface area contributed by atoms with Crippen LogP contribution in [0.4, 0.5) is 24.7 Å². The Morgan fingerprint density at radius 3 is 2.56 bits per heavy atom. The Kier molecular flexibility index (Phi) is 5.60. The average molecular weight is 467 g/mol. The Bertz CT molecular complexity index is 1340. The highest BCUT2D eigenvalue weighted by molar-refractivity contribution is 5.62. The molecule has 0 bridgehead atoms. The molecule has 1 fully saturated rings. The van der Waals surface area contributed by atoms with E-state index >= 15 is 0 Å². The van der Waals surface area contributed by atoms with E-state index in [1.54, 1.807) is 18.2 Å².